The topological polar surface area (TPSA) is 122 Å². The van der Waals surface area contributed by atoms with Crippen LogP contribution in [-0.2, 0) is 25.7 Å². The van der Waals surface area contributed by atoms with Gasteiger partial charge in [-0.05, 0) is 122 Å². The number of hydrogen-bond donors (Lipinski definition) is 0. The van der Waals surface area contributed by atoms with Crippen LogP contribution in [0, 0.1) is 10.1 Å². The summed E-state index contributed by atoms with van der Waals surface area (Å²) in [6.45, 7) is 1.69. The summed E-state index contributed by atoms with van der Waals surface area (Å²) in [6.07, 6.45) is 2.95. The van der Waals surface area contributed by atoms with Gasteiger partial charge in [0.05, 0.1) is 31.8 Å². The molecule has 0 aromatic heterocycles. The van der Waals surface area contributed by atoms with Crippen LogP contribution in [0.25, 0.3) is 0 Å². The molecule has 0 radical (unpaired) electrons. The molecular formula is C44H43N3O9. The molecule has 12 heteroatoms. The highest BCUT2D eigenvalue weighted by molar-refractivity contribution is 5.91. The molecular weight excluding hydrogens is 714 g/mol. The van der Waals surface area contributed by atoms with Crippen LogP contribution >= 0.6 is 0 Å². The van der Waals surface area contributed by atoms with Gasteiger partial charge in [-0.25, -0.2) is 4.79 Å². The van der Waals surface area contributed by atoms with Crippen molar-refractivity contribution < 1.29 is 38.1 Å². The van der Waals surface area contributed by atoms with Crippen molar-refractivity contribution >= 4 is 11.7 Å². The third-order valence-electron chi connectivity index (χ3n) is 11.1. The summed E-state index contributed by atoms with van der Waals surface area (Å²) in [5.74, 6) is 3.36. The van der Waals surface area contributed by atoms with E-state index in [-0.39, 0.29) is 29.1 Å². The Kier molecular flexibility index (Phi) is 10.0. The minimum atomic E-state index is -0.666. The number of benzene rings is 5. The molecule has 56 heavy (non-hydrogen) atoms. The lowest BCUT2D eigenvalue weighted by Gasteiger charge is -2.37. The van der Waals surface area contributed by atoms with E-state index in [0.29, 0.717) is 46.7 Å². The van der Waals surface area contributed by atoms with Gasteiger partial charge in [-0.3, -0.25) is 19.9 Å². The fourth-order valence-electron chi connectivity index (χ4n) is 8.07. The summed E-state index contributed by atoms with van der Waals surface area (Å²) in [5.41, 5.74) is 6.57. The normalized spacial score (nSPS) is 17.7. The number of ether oxygens (including phenoxy) is 6. The maximum absolute atomic E-state index is 13.3. The highest BCUT2D eigenvalue weighted by Gasteiger charge is 2.35. The van der Waals surface area contributed by atoms with Gasteiger partial charge in [-0.1, -0.05) is 18.2 Å². The van der Waals surface area contributed by atoms with Crippen molar-refractivity contribution in [3.8, 4) is 46.0 Å². The van der Waals surface area contributed by atoms with Crippen LogP contribution in [0.4, 0.5) is 5.69 Å². The Labute approximate surface area is 325 Å². The average molecular weight is 758 g/mol. The van der Waals surface area contributed by atoms with E-state index in [9.17, 15) is 14.9 Å². The fourth-order valence-corrected chi connectivity index (χ4v) is 8.07. The Morgan fingerprint density at radius 1 is 0.714 bits per heavy atom. The third kappa shape index (κ3) is 6.97. The van der Waals surface area contributed by atoms with Crippen LogP contribution in [0.1, 0.15) is 55.8 Å². The second kappa shape index (κ2) is 15.2. The molecule has 0 saturated heterocycles. The lowest BCUT2D eigenvalue weighted by atomic mass is 9.87. The van der Waals surface area contributed by atoms with Crippen LogP contribution in [0.15, 0.2) is 84.9 Å². The summed E-state index contributed by atoms with van der Waals surface area (Å²) >= 11 is 0. The predicted octanol–water partition coefficient (Wildman–Crippen LogP) is 8.28. The quantitative estimate of drug-likeness (QED) is 0.0720. The average Bonchev–Trinajstić information content (AvgIpc) is 3.20. The van der Waals surface area contributed by atoms with Crippen molar-refractivity contribution in [2.75, 3.05) is 48.5 Å². The number of esters is 1. The number of nitro groups is 1. The zero-order valence-corrected chi connectivity index (χ0v) is 32.0. The molecule has 0 fully saturated rings. The van der Waals surface area contributed by atoms with E-state index in [2.05, 4.69) is 48.2 Å². The van der Waals surface area contributed by atoms with Gasteiger partial charge in [0.15, 0.2) is 34.5 Å². The number of non-ortho nitro benzene ring substituents is 1. The van der Waals surface area contributed by atoms with Gasteiger partial charge >= 0.3 is 5.97 Å². The Bertz CT molecular complexity index is 2310. The molecule has 2 atom stereocenters. The summed E-state index contributed by atoms with van der Waals surface area (Å²) in [7, 11) is 9.17. The molecule has 6 bridgehead atoms. The lowest BCUT2D eigenvalue weighted by molar-refractivity contribution is -0.384. The first kappa shape index (κ1) is 36.8. The summed E-state index contributed by atoms with van der Waals surface area (Å²) in [5, 5.41) is 11.2. The summed E-state index contributed by atoms with van der Waals surface area (Å²) in [4.78, 5) is 28.7. The number of fused-ring (bicyclic) bond motifs is 2. The number of likely N-dealkylation sites (N-methyl/N-ethyl adjacent to an activating group) is 2. The number of nitro benzene ring substituents is 1. The number of methoxy groups -OCH3 is 3. The standard InChI is InChI=1S/C44H43N3O9/c1-45-18-16-29-23-37(51-3)39-25-33(29)34(45)20-26-6-13-32(14-7-26)54-38-22-27(8-15-36(38)56-44(48)28-9-11-31(12-10-28)47(49)50)21-35-41-30(17-19-46(35)2)24-40(52-4)42(53-5)43(41)55-39/h6-15,22-25,34-35H,16-21H2,1-5H3. The largest absolute Gasteiger partial charge is 0.493 e. The van der Waals surface area contributed by atoms with Crippen molar-refractivity contribution in [2.24, 2.45) is 0 Å². The van der Waals surface area contributed by atoms with Crippen LogP contribution in [0.2, 0.25) is 0 Å². The van der Waals surface area contributed by atoms with Gasteiger partial charge in [-0.2, -0.15) is 0 Å². The maximum atomic E-state index is 13.3. The van der Waals surface area contributed by atoms with Crippen LogP contribution in [0.3, 0.4) is 0 Å². The van der Waals surface area contributed by atoms with Crippen molar-refractivity contribution in [2.45, 2.75) is 37.8 Å². The lowest BCUT2D eigenvalue weighted by Crippen LogP contribution is -2.34. The minimum absolute atomic E-state index is 0.0692. The van der Waals surface area contributed by atoms with E-state index in [1.807, 2.05) is 30.3 Å². The second-order valence-electron chi connectivity index (χ2n) is 14.4. The molecule has 4 aliphatic heterocycles. The third-order valence-corrected chi connectivity index (χ3v) is 11.1. The molecule has 5 aromatic rings. The SMILES string of the molecule is COc1cc2c3cc1Oc1c(OC)c(OC)cc4c1C(Cc1ccc(OC(=O)c5ccc([N+](=O)[O-])cc5)c(c1)Oc1ccc(cc1)CC3N(C)CC2)N(C)CC4. The fraction of sp³-hybridized carbons (Fsp3) is 0.295. The molecule has 0 saturated carbocycles. The van der Waals surface area contributed by atoms with E-state index < -0.39 is 10.9 Å². The maximum Gasteiger partial charge on any atom is 0.343 e. The van der Waals surface area contributed by atoms with Crippen molar-refractivity contribution in [1.82, 2.24) is 9.80 Å². The zero-order valence-electron chi connectivity index (χ0n) is 32.0. The molecule has 0 amide bonds. The molecule has 9 rings (SSSR count). The highest BCUT2D eigenvalue weighted by atomic mass is 16.6. The van der Waals surface area contributed by atoms with Gasteiger partial charge in [0, 0.05) is 42.9 Å². The zero-order chi connectivity index (χ0) is 39.1. The van der Waals surface area contributed by atoms with Crippen LogP contribution < -0.4 is 28.4 Å². The molecule has 5 aromatic carbocycles. The van der Waals surface area contributed by atoms with E-state index >= 15 is 0 Å². The Morgan fingerprint density at radius 3 is 2.05 bits per heavy atom. The van der Waals surface area contributed by atoms with E-state index in [1.165, 1.54) is 35.4 Å². The van der Waals surface area contributed by atoms with E-state index in [1.54, 1.807) is 27.4 Å². The minimum Gasteiger partial charge on any atom is -0.493 e. The number of rotatable bonds is 6. The Balaban J connectivity index is 1.28. The van der Waals surface area contributed by atoms with Gasteiger partial charge in [0.2, 0.25) is 5.75 Å². The summed E-state index contributed by atoms with van der Waals surface area (Å²) in [6, 6.07) is 25.0. The molecule has 0 spiro atoms. The number of carbonyl (C=O) groups excluding carboxylic acids is 1. The smallest absolute Gasteiger partial charge is 0.343 e. The van der Waals surface area contributed by atoms with Crippen LogP contribution in [0.5, 0.6) is 46.0 Å². The predicted molar refractivity (Wildman–Crippen MR) is 209 cm³/mol. The Morgan fingerprint density at radius 2 is 1.36 bits per heavy atom. The first-order valence-electron chi connectivity index (χ1n) is 18.6. The molecule has 0 N–H and O–H groups in total. The Hall–Kier alpha value is -6.11. The molecule has 4 heterocycles. The van der Waals surface area contributed by atoms with Crippen molar-refractivity contribution in [1.29, 1.82) is 0 Å². The van der Waals surface area contributed by atoms with E-state index in [4.69, 9.17) is 28.4 Å². The number of nitrogens with zero attached hydrogens (tertiary/aromatic N) is 3. The first-order valence-corrected chi connectivity index (χ1v) is 18.6. The first-order chi connectivity index (χ1) is 27.1. The second-order valence-corrected chi connectivity index (χ2v) is 14.4. The van der Waals surface area contributed by atoms with Gasteiger partial charge in [-0.15, -0.1) is 0 Å². The van der Waals surface area contributed by atoms with Crippen molar-refractivity contribution in [3.63, 3.8) is 0 Å². The molecule has 4 aliphatic rings. The van der Waals surface area contributed by atoms with Gasteiger partial charge in [0.1, 0.15) is 5.75 Å². The molecule has 2 unspecified atom stereocenters. The monoisotopic (exact) mass is 757 g/mol. The molecule has 288 valence electrons. The van der Waals surface area contributed by atoms with E-state index in [0.717, 1.165) is 54.6 Å². The number of carbonyl (C=O) groups is 1. The highest BCUT2D eigenvalue weighted by Crippen LogP contribution is 2.52. The van der Waals surface area contributed by atoms with Gasteiger partial charge in [0.25, 0.3) is 5.69 Å². The van der Waals surface area contributed by atoms with Crippen LogP contribution in [-0.4, -0.2) is 69.2 Å². The van der Waals surface area contributed by atoms with Gasteiger partial charge < -0.3 is 28.4 Å². The molecule has 12 nitrogen and oxygen atoms in total. The number of hydrogen-bond acceptors (Lipinski definition) is 11. The van der Waals surface area contributed by atoms with Crippen molar-refractivity contribution in [3.05, 3.63) is 134 Å². The molecule has 0 aliphatic carbocycles. The summed E-state index contributed by atoms with van der Waals surface area (Å²) < 4.78 is 37.4.